The van der Waals surface area contributed by atoms with Gasteiger partial charge in [0.15, 0.2) is 0 Å². The maximum absolute atomic E-state index is 4.52. The van der Waals surface area contributed by atoms with Gasteiger partial charge in [-0.1, -0.05) is 6.92 Å². The molecule has 0 unspecified atom stereocenters. The van der Waals surface area contributed by atoms with Crippen LogP contribution in [-0.2, 0) is 0 Å². The van der Waals surface area contributed by atoms with E-state index in [1.165, 1.54) is 0 Å². The summed E-state index contributed by atoms with van der Waals surface area (Å²) in [5, 5.41) is 3.30. The summed E-state index contributed by atoms with van der Waals surface area (Å²) in [6, 6.07) is 1.99. The number of nitrogens with one attached hydrogen (secondary N) is 1. The van der Waals surface area contributed by atoms with Crippen LogP contribution in [0.15, 0.2) is 6.07 Å². The van der Waals surface area contributed by atoms with E-state index in [4.69, 9.17) is 0 Å². The maximum Gasteiger partial charge on any atom is 0.227 e. The predicted octanol–water partition coefficient (Wildman–Crippen LogP) is 2.45. The van der Waals surface area contributed by atoms with Crippen LogP contribution in [0.3, 0.4) is 0 Å². The van der Waals surface area contributed by atoms with E-state index >= 15 is 0 Å². The number of aryl methyl sites for hydroxylation is 1. The molecule has 0 spiro atoms. The van der Waals surface area contributed by atoms with Crippen LogP contribution in [-0.4, -0.2) is 29.6 Å². The van der Waals surface area contributed by atoms with Crippen LogP contribution in [0.25, 0.3) is 0 Å². The van der Waals surface area contributed by atoms with Crippen molar-refractivity contribution in [3.8, 4) is 0 Å². The van der Waals surface area contributed by atoms with Gasteiger partial charge in [0, 0.05) is 31.4 Å². The van der Waals surface area contributed by atoms with Crippen LogP contribution in [0.2, 0.25) is 0 Å². The Hall–Kier alpha value is -1.32. The molecule has 0 aliphatic heterocycles. The number of anilines is 2. The molecule has 16 heavy (non-hydrogen) atoms. The zero-order valence-corrected chi connectivity index (χ0v) is 10.7. The van der Waals surface area contributed by atoms with Gasteiger partial charge in [0.2, 0.25) is 5.95 Å². The molecular formula is C12H22N4. The fourth-order valence-electron chi connectivity index (χ4n) is 1.54. The first-order chi connectivity index (χ1) is 7.71. The van der Waals surface area contributed by atoms with E-state index < -0.39 is 0 Å². The van der Waals surface area contributed by atoms with Crippen molar-refractivity contribution in [2.24, 2.45) is 0 Å². The minimum Gasteiger partial charge on any atom is -0.370 e. The molecule has 0 atom stereocenters. The highest BCUT2D eigenvalue weighted by Gasteiger charge is 2.07. The second-order valence-corrected chi connectivity index (χ2v) is 3.79. The molecule has 1 aromatic heterocycles. The number of hydrogen-bond acceptors (Lipinski definition) is 4. The van der Waals surface area contributed by atoms with Gasteiger partial charge in [0.05, 0.1) is 0 Å². The number of rotatable bonds is 6. The van der Waals surface area contributed by atoms with Crippen LogP contribution >= 0.6 is 0 Å². The average molecular weight is 222 g/mol. The van der Waals surface area contributed by atoms with Crippen LogP contribution in [0, 0.1) is 6.92 Å². The van der Waals surface area contributed by atoms with Crippen molar-refractivity contribution >= 4 is 11.8 Å². The highest BCUT2D eigenvalue weighted by atomic mass is 15.3. The average Bonchev–Trinajstić information content (AvgIpc) is 2.27. The second kappa shape index (κ2) is 6.30. The van der Waals surface area contributed by atoms with Gasteiger partial charge in [-0.2, -0.15) is 4.98 Å². The molecule has 1 N–H and O–H groups in total. The van der Waals surface area contributed by atoms with Crippen LogP contribution in [0.4, 0.5) is 11.8 Å². The highest BCUT2D eigenvalue weighted by Crippen LogP contribution is 2.13. The Morgan fingerprint density at radius 3 is 2.44 bits per heavy atom. The Labute approximate surface area is 98.1 Å². The normalized spacial score (nSPS) is 10.2. The highest BCUT2D eigenvalue weighted by molar-refractivity contribution is 5.43. The fraction of sp³-hybridized carbons (Fsp3) is 0.667. The largest absolute Gasteiger partial charge is 0.370 e. The molecule has 0 radical (unpaired) electrons. The summed E-state index contributed by atoms with van der Waals surface area (Å²) in [6.45, 7) is 11.2. The summed E-state index contributed by atoms with van der Waals surface area (Å²) in [4.78, 5) is 11.1. The first-order valence-electron chi connectivity index (χ1n) is 6.05. The van der Waals surface area contributed by atoms with Gasteiger partial charge in [-0.25, -0.2) is 4.98 Å². The molecule has 0 fully saturated rings. The van der Waals surface area contributed by atoms with Crippen LogP contribution in [0.1, 0.15) is 32.9 Å². The predicted molar refractivity (Wildman–Crippen MR) is 69.1 cm³/mol. The van der Waals surface area contributed by atoms with E-state index in [1.807, 2.05) is 13.0 Å². The van der Waals surface area contributed by atoms with Crippen LogP contribution < -0.4 is 10.2 Å². The van der Waals surface area contributed by atoms with E-state index in [2.05, 4.69) is 41.0 Å². The third-order valence-electron chi connectivity index (χ3n) is 2.44. The molecule has 0 aliphatic carbocycles. The Bertz CT molecular complexity index is 321. The lowest BCUT2D eigenvalue weighted by Crippen LogP contribution is -2.24. The SMILES string of the molecule is CCCNc1cc(C)nc(N(CC)CC)n1. The number of aromatic nitrogens is 2. The fourth-order valence-corrected chi connectivity index (χ4v) is 1.54. The van der Waals surface area contributed by atoms with Crippen LogP contribution in [0.5, 0.6) is 0 Å². The van der Waals surface area contributed by atoms with Gasteiger partial charge >= 0.3 is 0 Å². The maximum atomic E-state index is 4.52. The molecule has 90 valence electrons. The Morgan fingerprint density at radius 2 is 1.88 bits per heavy atom. The van der Waals surface area contributed by atoms with E-state index in [-0.39, 0.29) is 0 Å². The van der Waals surface area contributed by atoms with E-state index in [1.54, 1.807) is 0 Å². The van der Waals surface area contributed by atoms with E-state index in [0.29, 0.717) is 0 Å². The molecule has 4 heteroatoms. The number of hydrogen-bond donors (Lipinski definition) is 1. The smallest absolute Gasteiger partial charge is 0.227 e. The van der Waals surface area contributed by atoms with E-state index in [9.17, 15) is 0 Å². The van der Waals surface area contributed by atoms with Crippen molar-refractivity contribution in [2.75, 3.05) is 29.9 Å². The molecule has 1 rings (SSSR count). The molecule has 0 aromatic carbocycles. The lowest BCUT2D eigenvalue weighted by Gasteiger charge is -2.19. The lowest BCUT2D eigenvalue weighted by atomic mass is 10.4. The first-order valence-corrected chi connectivity index (χ1v) is 6.05. The standard InChI is InChI=1S/C12H22N4/c1-5-8-13-11-9-10(4)14-12(15-11)16(6-2)7-3/h9H,5-8H2,1-4H3,(H,13,14,15). The van der Waals surface area contributed by atoms with Crippen molar-refractivity contribution in [2.45, 2.75) is 34.1 Å². The molecule has 1 aromatic rings. The molecule has 0 amide bonds. The third-order valence-corrected chi connectivity index (χ3v) is 2.44. The van der Waals surface area contributed by atoms with Gasteiger partial charge in [-0.05, 0) is 27.2 Å². The third kappa shape index (κ3) is 3.36. The molecule has 0 saturated heterocycles. The summed E-state index contributed by atoms with van der Waals surface area (Å²) < 4.78 is 0. The summed E-state index contributed by atoms with van der Waals surface area (Å²) in [7, 11) is 0. The van der Waals surface area contributed by atoms with Crippen molar-refractivity contribution in [3.63, 3.8) is 0 Å². The van der Waals surface area contributed by atoms with Crippen molar-refractivity contribution in [1.82, 2.24) is 9.97 Å². The molecule has 0 aliphatic rings. The van der Waals surface area contributed by atoms with Crippen molar-refractivity contribution in [3.05, 3.63) is 11.8 Å². The molecule has 0 saturated carbocycles. The second-order valence-electron chi connectivity index (χ2n) is 3.79. The Kier molecular flexibility index (Phi) is 5.02. The van der Waals surface area contributed by atoms with Crippen molar-refractivity contribution < 1.29 is 0 Å². The Morgan fingerprint density at radius 1 is 1.19 bits per heavy atom. The monoisotopic (exact) mass is 222 g/mol. The molecule has 1 heterocycles. The van der Waals surface area contributed by atoms with Gasteiger partial charge in [0.1, 0.15) is 5.82 Å². The van der Waals surface area contributed by atoms with Gasteiger partial charge in [0.25, 0.3) is 0 Å². The first kappa shape index (κ1) is 12.7. The Balaban J connectivity index is 2.88. The van der Waals surface area contributed by atoms with E-state index in [0.717, 1.165) is 43.5 Å². The van der Waals surface area contributed by atoms with Gasteiger partial charge in [-0.15, -0.1) is 0 Å². The zero-order valence-electron chi connectivity index (χ0n) is 10.7. The summed E-state index contributed by atoms with van der Waals surface area (Å²) in [5.41, 5.74) is 1.01. The summed E-state index contributed by atoms with van der Waals surface area (Å²) in [6.07, 6.45) is 1.10. The lowest BCUT2D eigenvalue weighted by molar-refractivity contribution is 0.815. The molecular weight excluding hydrogens is 200 g/mol. The molecule has 4 nitrogen and oxygen atoms in total. The summed E-state index contributed by atoms with van der Waals surface area (Å²) in [5.74, 6) is 1.75. The zero-order chi connectivity index (χ0) is 12.0. The molecule has 0 bridgehead atoms. The van der Waals surface area contributed by atoms with Crippen molar-refractivity contribution in [1.29, 1.82) is 0 Å². The summed E-state index contributed by atoms with van der Waals surface area (Å²) >= 11 is 0. The minimum atomic E-state index is 0.823. The van der Waals surface area contributed by atoms with Gasteiger partial charge in [-0.3, -0.25) is 0 Å². The van der Waals surface area contributed by atoms with Gasteiger partial charge < -0.3 is 10.2 Å². The topological polar surface area (TPSA) is 41.1 Å². The number of nitrogens with zero attached hydrogens (tertiary/aromatic N) is 3. The minimum absolute atomic E-state index is 0.823. The quantitative estimate of drug-likeness (QED) is 0.802.